The summed E-state index contributed by atoms with van der Waals surface area (Å²) in [6, 6.07) is 10.3. The van der Waals surface area contributed by atoms with Crippen LogP contribution in [-0.2, 0) is 6.18 Å². The predicted molar refractivity (Wildman–Crippen MR) is 95.4 cm³/mol. The standard InChI is InChI=1S/C20H18F3N3O/c21-20(22,23)14-6-3-5-13(11-14)16-12-17(25-26-10-4-9-18(16)26)19(27)24-15-7-1-2-8-15/h3-6,9-12,15H,1-2,7-8H2,(H,24,27). The molecule has 27 heavy (non-hydrogen) atoms. The Morgan fingerprint density at radius 1 is 1.11 bits per heavy atom. The van der Waals surface area contributed by atoms with Gasteiger partial charge >= 0.3 is 6.18 Å². The second-order valence-electron chi connectivity index (χ2n) is 6.81. The van der Waals surface area contributed by atoms with Crippen LogP contribution in [0.2, 0.25) is 0 Å². The first kappa shape index (κ1) is 17.6. The third kappa shape index (κ3) is 3.54. The van der Waals surface area contributed by atoms with Crippen molar-refractivity contribution in [2.45, 2.75) is 37.9 Å². The van der Waals surface area contributed by atoms with Crippen LogP contribution in [0.25, 0.3) is 16.6 Å². The van der Waals surface area contributed by atoms with Crippen LogP contribution in [0.5, 0.6) is 0 Å². The highest BCUT2D eigenvalue weighted by Crippen LogP contribution is 2.33. The summed E-state index contributed by atoms with van der Waals surface area (Å²) in [4.78, 5) is 12.6. The summed E-state index contributed by atoms with van der Waals surface area (Å²) in [5.41, 5.74) is 1.05. The zero-order valence-electron chi connectivity index (χ0n) is 14.5. The second kappa shape index (κ2) is 6.72. The van der Waals surface area contributed by atoms with Gasteiger partial charge in [-0.1, -0.05) is 25.0 Å². The molecule has 1 amide bonds. The number of halogens is 3. The highest BCUT2D eigenvalue weighted by Gasteiger charge is 2.30. The molecule has 1 aromatic carbocycles. The van der Waals surface area contributed by atoms with E-state index in [0.29, 0.717) is 16.6 Å². The van der Waals surface area contributed by atoms with E-state index in [4.69, 9.17) is 0 Å². The highest BCUT2D eigenvalue weighted by molar-refractivity contribution is 5.95. The average molecular weight is 373 g/mol. The fourth-order valence-corrected chi connectivity index (χ4v) is 3.56. The van der Waals surface area contributed by atoms with Crippen LogP contribution in [0.1, 0.15) is 41.7 Å². The number of nitrogens with zero attached hydrogens (tertiary/aromatic N) is 2. The van der Waals surface area contributed by atoms with Crippen molar-refractivity contribution in [1.29, 1.82) is 0 Å². The van der Waals surface area contributed by atoms with E-state index in [-0.39, 0.29) is 17.6 Å². The van der Waals surface area contributed by atoms with Crippen molar-refractivity contribution < 1.29 is 18.0 Å². The van der Waals surface area contributed by atoms with Gasteiger partial charge in [-0.3, -0.25) is 4.79 Å². The Hall–Kier alpha value is -2.83. The summed E-state index contributed by atoms with van der Waals surface area (Å²) in [6.45, 7) is 0. The van der Waals surface area contributed by atoms with Crippen LogP contribution in [-0.4, -0.2) is 21.6 Å². The fourth-order valence-electron chi connectivity index (χ4n) is 3.56. The van der Waals surface area contributed by atoms with Gasteiger partial charge in [-0.15, -0.1) is 0 Å². The number of carbonyl (C=O) groups excluding carboxylic acids is 1. The van der Waals surface area contributed by atoms with Crippen molar-refractivity contribution in [1.82, 2.24) is 14.9 Å². The first-order valence-electron chi connectivity index (χ1n) is 8.89. The fraction of sp³-hybridized carbons (Fsp3) is 0.300. The lowest BCUT2D eigenvalue weighted by molar-refractivity contribution is -0.137. The van der Waals surface area contributed by atoms with Crippen molar-refractivity contribution in [2.24, 2.45) is 0 Å². The monoisotopic (exact) mass is 373 g/mol. The quantitative estimate of drug-likeness (QED) is 0.724. The lowest BCUT2D eigenvalue weighted by atomic mass is 10.0. The minimum atomic E-state index is -4.43. The van der Waals surface area contributed by atoms with E-state index < -0.39 is 11.7 Å². The van der Waals surface area contributed by atoms with Gasteiger partial charge in [-0.2, -0.15) is 18.3 Å². The first-order chi connectivity index (χ1) is 12.9. The normalized spacial score (nSPS) is 15.4. The molecular weight excluding hydrogens is 355 g/mol. The van der Waals surface area contributed by atoms with Gasteiger partial charge in [0, 0.05) is 17.8 Å². The van der Waals surface area contributed by atoms with Gasteiger partial charge in [0.1, 0.15) is 5.69 Å². The van der Waals surface area contributed by atoms with Gasteiger partial charge in [0.15, 0.2) is 0 Å². The Balaban J connectivity index is 1.76. The molecule has 140 valence electrons. The molecule has 1 N–H and O–H groups in total. The number of hydrogen-bond donors (Lipinski definition) is 1. The molecule has 2 heterocycles. The number of aromatic nitrogens is 2. The number of rotatable bonds is 3. The molecule has 0 aliphatic heterocycles. The molecule has 0 radical (unpaired) electrons. The van der Waals surface area contributed by atoms with Crippen LogP contribution in [0, 0.1) is 0 Å². The molecule has 0 saturated heterocycles. The van der Waals surface area contributed by atoms with Gasteiger partial charge in [-0.05, 0) is 48.7 Å². The highest BCUT2D eigenvalue weighted by atomic mass is 19.4. The molecule has 1 aliphatic carbocycles. The summed E-state index contributed by atoms with van der Waals surface area (Å²) in [5, 5.41) is 7.29. The Morgan fingerprint density at radius 2 is 1.89 bits per heavy atom. The molecule has 0 unspecified atom stereocenters. The zero-order valence-corrected chi connectivity index (χ0v) is 14.5. The molecular formula is C20H18F3N3O. The van der Waals surface area contributed by atoms with Crippen LogP contribution in [0.3, 0.4) is 0 Å². The van der Waals surface area contributed by atoms with Gasteiger partial charge in [0.2, 0.25) is 0 Å². The molecule has 7 heteroatoms. The first-order valence-corrected chi connectivity index (χ1v) is 8.89. The number of hydrogen-bond acceptors (Lipinski definition) is 2. The maximum Gasteiger partial charge on any atom is 0.416 e. The maximum atomic E-state index is 13.1. The molecule has 1 fully saturated rings. The van der Waals surface area contributed by atoms with Crippen LogP contribution < -0.4 is 5.32 Å². The van der Waals surface area contributed by atoms with E-state index in [1.54, 1.807) is 30.5 Å². The van der Waals surface area contributed by atoms with Crippen LogP contribution in [0.15, 0.2) is 48.7 Å². The second-order valence-corrected chi connectivity index (χ2v) is 6.81. The van der Waals surface area contributed by atoms with Gasteiger partial charge in [0.25, 0.3) is 5.91 Å². The van der Waals surface area contributed by atoms with Crippen LogP contribution in [0.4, 0.5) is 13.2 Å². The number of alkyl halides is 3. The lowest BCUT2D eigenvalue weighted by Crippen LogP contribution is -2.33. The molecule has 1 aliphatic rings. The summed E-state index contributed by atoms with van der Waals surface area (Å²) in [6.07, 6.45) is 1.31. The molecule has 2 aromatic heterocycles. The summed E-state index contributed by atoms with van der Waals surface area (Å²) < 4.78 is 40.8. The molecule has 4 rings (SSSR count). The Bertz CT molecular complexity index is 988. The topological polar surface area (TPSA) is 46.4 Å². The third-order valence-corrected chi connectivity index (χ3v) is 4.92. The predicted octanol–water partition coefficient (Wildman–Crippen LogP) is 4.69. The number of fused-ring (bicyclic) bond motifs is 1. The molecule has 0 bridgehead atoms. The number of benzene rings is 1. The van der Waals surface area contributed by atoms with Crippen molar-refractivity contribution in [3.05, 3.63) is 59.9 Å². The smallest absolute Gasteiger partial charge is 0.348 e. The van der Waals surface area contributed by atoms with Gasteiger partial charge < -0.3 is 5.32 Å². The Morgan fingerprint density at radius 3 is 2.63 bits per heavy atom. The van der Waals surface area contributed by atoms with E-state index in [1.165, 1.54) is 10.6 Å². The summed E-state index contributed by atoms with van der Waals surface area (Å²) in [5.74, 6) is -0.300. The van der Waals surface area contributed by atoms with Crippen LogP contribution >= 0.6 is 0 Å². The van der Waals surface area contributed by atoms with E-state index in [2.05, 4.69) is 10.4 Å². The summed E-state index contributed by atoms with van der Waals surface area (Å²) >= 11 is 0. The Labute approximate surface area is 154 Å². The molecule has 0 spiro atoms. The van der Waals surface area contributed by atoms with E-state index in [0.717, 1.165) is 37.8 Å². The van der Waals surface area contributed by atoms with Crippen molar-refractivity contribution in [3.8, 4) is 11.1 Å². The maximum absolute atomic E-state index is 13.1. The molecule has 0 atom stereocenters. The lowest BCUT2D eigenvalue weighted by Gasteiger charge is -2.14. The Kier molecular flexibility index (Phi) is 4.37. The largest absolute Gasteiger partial charge is 0.416 e. The van der Waals surface area contributed by atoms with Crippen molar-refractivity contribution in [3.63, 3.8) is 0 Å². The third-order valence-electron chi connectivity index (χ3n) is 4.92. The number of nitrogens with one attached hydrogen (secondary N) is 1. The van der Waals surface area contributed by atoms with Gasteiger partial charge in [-0.25, -0.2) is 4.52 Å². The van der Waals surface area contributed by atoms with E-state index in [1.807, 2.05) is 0 Å². The molecule has 1 saturated carbocycles. The molecule has 4 nitrogen and oxygen atoms in total. The SMILES string of the molecule is O=C(NC1CCCC1)c1cc(-c2cccc(C(F)(F)F)c2)c2cccn2n1. The number of carbonyl (C=O) groups is 1. The number of amides is 1. The minimum absolute atomic E-state index is 0.136. The van der Waals surface area contributed by atoms with Gasteiger partial charge in [0.05, 0.1) is 11.1 Å². The zero-order chi connectivity index (χ0) is 19.0. The van der Waals surface area contributed by atoms with Crippen molar-refractivity contribution in [2.75, 3.05) is 0 Å². The van der Waals surface area contributed by atoms with E-state index in [9.17, 15) is 18.0 Å². The minimum Gasteiger partial charge on any atom is -0.348 e. The average Bonchev–Trinajstić information content (AvgIpc) is 3.31. The van der Waals surface area contributed by atoms with Crippen molar-refractivity contribution >= 4 is 11.4 Å². The van der Waals surface area contributed by atoms with E-state index >= 15 is 0 Å². The molecule has 3 aromatic rings. The summed E-state index contributed by atoms with van der Waals surface area (Å²) in [7, 11) is 0.